The Hall–Kier alpha value is -1.76. The van der Waals surface area contributed by atoms with E-state index >= 15 is 0 Å². The number of rotatable bonds is 1. The quantitative estimate of drug-likeness (QED) is 0.562. The Labute approximate surface area is 70.8 Å². The summed E-state index contributed by atoms with van der Waals surface area (Å²) in [5.74, 6) is 2.38. The molecule has 1 aromatic heterocycles. The third-order valence-electron chi connectivity index (χ3n) is 1.38. The van der Waals surface area contributed by atoms with E-state index in [0.717, 1.165) is 0 Å². The first-order valence-electron chi connectivity index (χ1n) is 3.42. The van der Waals surface area contributed by atoms with Crippen LogP contribution in [0, 0.1) is 12.3 Å². The molecule has 0 radical (unpaired) electrons. The SMILES string of the molecule is C#CCN(C)C(=O)n1ccnc1. The molecule has 0 aliphatic heterocycles. The summed E-state index contributed by atoms with van der Waals surface area (Å²) in [5, 5.41) is 0. The molecule has 0 saturated heterocycles. The monoisotopic (exact) mass is 163 g/mol. The Bertz CT molecular complexity index is 297. The van der Waals surface area contributed by atoms with Crippen molar-refractivity contribution in [1.82, 2.24) is 14.5 Å². The van der Waals surface area contributed by atoms with Crippen molar-refractivity contribution in [2.75, 3.05) is 13.6 Å². The topological polar surface area (TPSA) is 38.1 Å². The van der Waals surface area contributed by atoms with Crippen molar-refractivity contribution in [3.05, 3.63) is 18.7 Å². The van der Waals surface area contributed by atoms with Crippen LogP contribution >= 0.6 is 0 Å². The summed E-state index contributed by atoms with van der Waals surface area (Å²) in [5.41, 5.74) is 0. The van der Waals surface area contributed by atoms with E-state index in [9.17, 15) is 4.79 Å². The fourth-order valence-electron chi connectivity index (χ4n) is 0.774. The molecule has 1 rings (SSSR count). The predicted molar refractivity (Wildman–Crippen MR) is 44.5 cm³/mol. The maximum absolute atomic E-state index is 11.3. The summed E-state index contributed by atoms with van der Waals surface area (Å²) in [6, 6.07) is -0.176. The van der Waals surface area contributed by atoms with Crippen LogP contribution in [0.1, 0.15) is 0 Å². The van der Waals surface area contributed by atoms with Gasteiger partial charge in [0.05, 0.1) is 6.54 Å². The number of amides is 1. The van der Waals surface area contributed by atoms with Crippen LogP contribution in [0.25, 0.3) is 0 Å². The minimum atomic E-state index is -0.176. The predicted octanol–water partition coefficient (Wildman–Crippen LogP) is 0.416. The molecule has 0 N–H and O–H groups in total. The molecule has 1 aromatic rings. The zero-order valence-corrected chi connectivity index (χ0v) is 6.77. The van der Waals surface area contributed by atoms with E-state index in [1.165, 1.54) is 15.8 Å². The van der Waals surface area contributed by atoms with Crippen molar-refractivity contribution in [2.45, 2.75) is 0 Å². The molecule has 1 heterocycles. The van der Waals surface area contributed by atoms with Gasteiger partial charge in [0, 0.05) is 19.4 Å². The molecule has 0 saturated carbocycles. The second-order valence-electron chi connectivity index (χ2n) is 2.31. The second kappa shape index (κ2) is 3.58. The van der Waals surface area contributed by atoms with E-state index in [4.69, 9.17) is 6.42 Å². The van der Waals surface area contributed by atoms with Crippen molar-refractivity contribution in [3.8, 4) is 12.3 Å². The second-order valence-corrected chi connectivity index (χ2v) is 2.31. The Balaban J connectivity index is 2.67. The van der Waals surface area contributed by atoms with Crippen molar-refractivity contribution in [2.24, 2.45) is 0 Å². The molecule has 4 heteroatoms. The van der Waals surface area contributed by atoms with Gasteiger partial charge in [-0.3, -0.25) is 4.57 Å². The van der Waals surface area contributed by atoms with Crippen molar-refractivity contribution in [1.29, 1.82) is 0 Å². The van der Waals surface area contributed by atoms with E-state index in [1.54, 1.807) is 19.4 Å². The molecule has 0 bridgehead atoms. The molecular weight excluding hydrogens is 154 g/mol. The summed E-state index contributed by atoms with van der Waals surface area (Å²) in [6.07, 6.45) is 9.61. The zero-order valence-electron chi connectivity index (χ0n) is 6.77. The van der Waals surface area contributed by atoms with Crippen molar-refractivity contribution >= 4 is 6.03 Å². The maximum Gasteiger partial charge on any atom is 0.329 e. The maximum atomic E-state index is 11.3. The van der Waals surface area contributed by atoms with Gasteiger partial charge in [-0.1, -0.05) is 5.92 Å². The molecule has 1 amide bonds. The number of carbonyl (C=O) groups is 1. The van der Waals surface area contributed by atoms with Crippen LogP contribution in [0.5, 0.6) is 0 Å². The minimum Gasteiger partial charge on any atom is -0.316 e. The molecular formula is C8H9N3O. The van der Waals surface area contributed by atoms with Crippen LogP contribution < -0.4 is 0 Å². The van der Waals surface area contributed by atoms with Gasteiger partial charge in [0.15, 0.2) is 0 Å². The number of carbonyl (C=O) groups excluding carboxylic acids is 1. The molecule has 0 aliphatic rings. The molecule has 62 valence electrons. The Morgan fingerprint density at radius 2 is 2.58 bits per heavy atom. The van der Waals surface area contributed by atoms with Gasteiger partial charge in [0.1, 0.15) is 6.33 Å². The first-order chi connectivity index (χ1) is 5.75. The summed E-state index contributed by atoms with van der Waals surface area (Å²) in [4.78, 5) is 16.5. The minimum absolute atomic E-state index is 0.176. The molecule has 0 atom stereocenters. The molecule has 4 nitrogen and oxygen atoms in total. The van der Waals surface area contributed by atoms with Crippen LogP contribution in [-0.4, -0.2) is 34.1 Å². The smallest absolute Gasteiger partial charge is 0.316 e. The van der Waals surface area contributed by atoms with E-state index in [-0.39, 0.29) is 6.03 Å². The molecule has 0 fully saturated rings. The Morgan fingerprint density at radius 1 is 1.83 bits per heavy atom. The van der Waals surface area contributed by atoms with Crippen LogP contribution in [0.4, 0.5) is 4.79 Å². The summed E-state index contributed by atoms with van der Waals surface area (Å²) >= 11 is 0. The van der Waals surface area contributed by atoms with Crippen LogP contribution in [0.15, 0.2) is 18.7 Å². The third kappa shape index (κ3) is 1.64. The lowest BCUT2D eigenvalue weighted by atomic mass is 10.6. The van der Waals surface area contributed by atoms with Crippen molar-refractivity contribution < 1.29 is 4.79 Å². The van der Waals surface area contributed by atoms with Gasteiger partial charge < -0.3 is 4.90 Å². The van der Waals surface area contributed by atoms with Crippen LogP contribution in [-0.2, 0) is 0 Å². The Kier molecular flexibility index (Phi) is 2.49. The molecule has 12 heavy (non-hydrogen) atoms. The molecule has 0 aromatic carbocycles. The molecule has 0 aliphatic carbocycles. The average Bonchev–Trinajstić information content (AvgIpc) is 2.55. The molecule has 0 spiro atoms. The van der Waals surface area contributed by atoms with Gasteiger partial charge in [-0.25, -0.2) is 9.78 Å². The summed E-state index contributed by atoms with van der Waals surface area (Å²) in [7, 11) is 1.64. The van der Waals surface area contributed by atoms with E-state index in [0.29, 0.717) is 6.54 Å². The van der Waals surface area contributed by atoms with Gasteiger partial charge in [0.25, 0.3) is 0 Å². The highest BCUT2D eigenvalue weighted by Crippen LogP contribution is 1.91. The van der Waals surface area contributed by atoms with Crippen LogP contribution in [0.2, 0.25) is 0 Å². The fourth-order valence-corrected chi connectivity index (χ4v) is 0.774. The summed E-state index contributed by atoms with van der Waals surface area (Å²) in [6.45, 7) is 0.303. The van der Waals surface area contributed by atoms with Crippen LogP contribution in [0.3, 0.4) is 0 Å². The van der Waals surface area contributed by atoms with Gasteiger partial charge in [0.2, 0.25) is 0 Å². The van der Waals surface area contributed by atoms with Gasteiger partial charge >= 0.3 is 6.03 Å². The van der Waals surface area contributed by atoms with E-state index < -0.39 is 0 Å². The zero-order chi connectivity index (χ0) is 8.97. The fraction of sp³-hybridized carbons (Fsp3) is 0.250. The van der Waals surface area contributed by atoms with E-state index in [2.05, 4.69) is 10.9 Å². The Morgan fingerprint density at radius 3 is 3.08 bits per heavy atom. The average molecular weight is 163 g/mol. The van der Waals surface area contributed by atoms with Crippen molar-refractivity contribution in [3.63, 3.8) is 0 Å². The van der Waals surface area contributed by atoms with E-state index in [1.807, 2.05) is 0 Å². The van der Waals surface area contributed by atoms with Gasteiger partial charge in [-0.2, -0.15) is 0 Å². The third-order valence-corrected chi connectivity index (χ3v) is 1.38. The highest BCUT2D eigenvalue weighted by atomic mass is 16.2. The number of terminal acetylenes is 1. The number of aromatic nitrogens is 2. The summed E-state index contributed by atoms with van der Waals surface area (Å²) < 4.78 is 1.37. The normalized spacial score (nSPS) is 9.00. The lowest BCUT2D eigenvalue weighted by Crippen LogP contribution is -2.30. The largest absolute Gasteiger partial charge is 0.329 e. The lowest BCUT2D eigenvalue weighted by molar-refractivity contribution is 0.215. The number of hydrogen-bond donors (Lipinski definition) is 0. The van der Waals surface area contributed by atoms with Gasteiger partial charge in [-0.05, 0) is 0 Å². The molecule has 0 unspecified atom stereocenters. The highest BCUT2D eigenvalue weighted by molar-refractivity contribution is 5.76. The first-order valence-corrected chi connectivity index (χ1v) is 3.42. The highest BCUT2D eigenvalue weighted by Gasteiger charge is 2.07. The lowest BCUT2D eigenvalue weighted by Gasteiger charge is -2.12. The standard InChI is InChI=1S/C8H9N3O/c1-3-5-10(2)8(12)11-6-4-9-7-11/h1,4,6-7H,5H2,2H3. The number of hydrogen-bond acceptors (Lipinski definition) is 2. The number of nitrogens with zero attached hydrogens (tertiary/aromatic N) is 3. The first kappa shape index (κ1) is 8.34. The van der Waals surface area contributed by atoms with Gasteiger partial charge in [-0.15, -0.1) is 6.42 Å². The number of imidazole rings is 1.